The molecule has 15 heavy (non-hydrogen) atoms. The molecule has 0 radical (unpaired) electrons. The standard InChI is InChI=1S/C13H14O2/c1-3-5-12(15)13(8-4-2)9-6-11(14)7-10-13/h3-4,6-7,9-10H,1-2,5,8H2. The van der Waals surface area contributed by atoms with Gasteiger partial charge in [0, 0.05) is 6.42 Å². The topological polar surface area (TPSA) is 34.1 Å². The number of hydrogen-bond donors (Lipinski definition) is 0. The molecule has 0 spiro atoms. The second-order valence-corrected chi connectivity index (χ2v) is 3.52. The minimum Gasteiger partial charge on any atom is -0.298 e. The van der Waals surface area contributed by atoms with Crippen LogP contribution >= 0.6 is 0 Å². The van der Waals surface area contributed by atoms with Crippen molar-refractivity contribution in [1.82, 2.24) is 0 Å². The molecule has 0 saturated heterocycles. The van der Waals surface area contributed by atoms with E-state index in [4.69, 9.17) is 0 Å². The van der Waals surface area contributed by atoms with Crippen LogP contribution in [0.1, 0.15) is 12.8 Å². The Morgan fingerprint density at radius 1 is 1.27 bits per heavy atom. The lowest BCUT2D eigenvalue weighted by Crippen LogP contribution is -2.28. The van der Waals surface area contributed by atoms with Gasteiger partial charge in [-0.3, -0.25) is 9.59 Å². The Morgan fingerprint density at radius 3 is 2.33 bits per heavy atom. The molecule has 78 valence electrons. The maximum absolute atomic E-state index is 11.9. The van der Waals surface area contributed by atoms with E-state index >= 15 is 0 Å². The molecule has 0 N–H and O–H groups in total. The van der Waals surface area contributed by atoms with E-state index in [2.05, 4.69) is 13.2 Å². The third-order valence-corrected chi connectivity index (χ3v) is 2.42. The summed E-state index contributed by atoms with van der Waals surface area (Å²) in [4.78, 5) is 22.9. The van der Waals surface area contributed by atoms with Gasteiger partial charge in [0.2, 0.25) is 0 Å². The van der Waals surface area contributed by atoms with Crippen molar-refractivity contribution in [3.8, 4) is 0 Å². The first kappa shape index (κ1) is 11.4. The Bertz CT molecular complexity index is 343. The Hall–Kier alpha value is -1.70. The smallest absolute Gasteiger partial charge is 0.178 e. The van der Waals surface area contributed by atoms with E-state index in [9.17, 15) is 9.59 Å². The van der Waals surface area contributed by atoms with E-state index < -0.39 is 5.41 Å². The molecule has 1 aliphatic rings. The third kappa shape index (κ3) is 2.40. The van der Waals surface area contributed by atoms with Crippen molar-refractivity contribution in [2.24, 2.45) is 5.41 Å². The van der Waals surface area contributed by atoms with Crippen molar-refractivity contribution in [2.75, 3.05) is 0 Å². The molecule has 0 amide bonds. The van der Waals surface area contributed by atoms with Crippen LogP contribution in [0.3, 0.4) is 0 Å². The highest BCUT2D eigenvalue weighted by molar-refractivity contribution is 6.03. The number of ketones is 2. The van der Waals surface area contributed by atoms with Gasteiger partial charge in [0.15, 0.2) is 11.6 Å². The molecule has 0 aromatic rings. The summed E-state index contributed by atoms with van der Waals surface area (Å²) >= 11 is 0. The van der Waals surface area contributed by atoms with Gasteiger partial charge in [0.1, 0.15) is 0 Å². The molecule has 1 rings (SSSR count). The third-order valence-electron chi connectivity index (χ3n) is 2.42. The number of carbonyl (C=O) groups excluding carboxylic acids is 2. The zero-order valence-corrected chi connectivity index (χ0v) is 8.61. The molecule has 0 aromatic heterocycles. The fraction of sp³-hybridized carbons (Fsp3) is 0.231. The van der Waals surface area contributed by atoms with E-state index in [1.165, 1.54) is 12.2 Å². The van der Waals surface area contributed by atoms with Crippen molar-refractivity contribution in [3.05, 3.63) is 49.6 Å². The van der Waals surface area contributed by atoms with Crippen LogP contribution in [-0.4, -0.2) is 11.6 Å². The molecule has 0 heterocycles. The zero-order valence-electron chi connectivity index (χ0n) is 8.61. The fourth-order valence-corrected chi connectivity index (χ4v) is 1.57. The molecule has 0 bridgehead atoms. The molecule has 0 fully saturated rings. The van der Waals surface area contributed by atoms with Crippen LogP contribution in [0, 0.1) is 5.41 Å². The molecule has 2 nitrogen and oxygen atoms in total. The van der Waals surface area contributed by atoms with Gasteiger partial charge in [0.05, 0.1) is 5.41 Å². The Labute approximate surface area is 89.7 Å². The first-order chi connectivity index (χ1) is 7.14. The van der Waals surface area contributed by atoms with Crippen molar-refractivity contribution in [3.63, 3.8) is 0 Å². The Kier molecular flexibility index (Phi) is 3.56. The van der Waals surface area contributed by atoms with E-state index in [1.54, 1.807) is 24.3 Å². The molecule has 0 aromatic carbocycles. The summed E-state index contributed by atoms with van der Waals surface area (Å²) in [5.41, 5.74) is -0.691. The molecular formula is C13H14O2. The van der Waals surface area contributed by atoms with Crippen molar-refractivity contribution < 1.29 is 9.59 Å². The predicted octanol–water partition coefficient (Wildman–Crippen LogP) is 2.39. The largest absolute Gasteiger partial charge is 0.298 e. The van der Waals surface area contributed by atoms with Crippen LogP contribution in [0.5, 0.6) is 0 Å². The van der Waals surface area contributed by atoms with Crippen LogP contribution in [0.15, 0.2) is 49.6 Å². The second kappa shape index (κ2) is 4.69. The van der Waals surface area contributed by atoms with E-state index in [1.807, 2.05) is 0 Å². The average molecular weight is 202 g/mol. The number of hydrogen-bond acceptors (Lipinski definition) is 2. The van der Waals surface area contributed by atoms with E-state index in [-0.39, 0.29) is 11.6 Å². The van der Waals surface area contributed by atoms with Crippen molar-refractivity contribution in [2.45, 2.75) is 12.8 Å². The van der Waals surface area contributed by atoms with Gasteiger partial charge in [-0.2, -0.15) is 0 Å². The van der Waals surface area contributed by atoms with Crippen LogP contribution in [0.25, 0.3) is 0 Å². The summed E-state index contributed by atoms with van der Waals surface area (Å²) in [6, 6.07) is 0. The molecule has 0 unspecified atom stereocenters. The second-order valence-electron chi connectivity index (χ2n) is 3.52. The number of carbonyl (C=O) groups is 2. The van der Waals surface area contributed by atoms with Gasteiger partial charge >= 0.3 is 0 Å². The number of rotatable bonds is 5. The minimum atomic E-state index is -0.691. The van der Waals surface area contributed by atoms with Crippen LogP contribution < -0.4 is 0 Å². The monoisotopic (exact) mass is 202 g/mol. The van der Waals surface area contributed by atoms with E-state index in [0.29, 0.717) is 12.8 Å². The van der Waals surface area contributed by atoms with Gasteiger partial charge in [-0.05, 0) is 18.6 Å². The Balaban J connectivity index is 2.99. The van der Waals surface area contributed by atoms with Gasteiger partial charge < -0.3 is 0 Å². The number of Topliss-reactive ketones (excluding diaryl/α,β-unsaturated/α-hetero) is 1. The van der Waals surface area contributed by atoms with Crippen molar-refractivity contribution in [1.29, 1.82) is 0 Å². The lowest BCUT2D eigenvalue weighted by atomic mass is 9.76. The van der Waals surface area contributed by atoms with E-state index in [0.717, 1.165) is 0 Å². The summed E-state index contributed by atoms with van der Waals surface area (Å²) in [6.45, 7) is 7.17. The zero-order chi connectivity index (χ0) is 11.3. The SMILES string of the molecule is C=CCC(=O)C1(CC=C)C=CC(=O)C=C1. The summed E-state index contributed by atoms with van der Waals surface area (Å²) in [5.74, 6) is -0.0431. The summed E-state index contributed by atoms with van der Waals surface area (Å²) < 4.78 is 0. The van der Waals surface area contributed by atoms with Gasteiger partial charge in [-0.15, -0.1) is 13.2 Å². The predicted molar refractivity (Wildman–Crippen MR) is 60.4 cm³/mol. The van der Waals surface area contributed by atoms with Crippen LogP contribution in [0.4, 0.5) is 0 Å². The normalized spacial score (nSPS) is 17.5. The highest BCUT2D eigenvalue weighted by Gasteiger charge is 2.32. The first-order valence-corrected chi connectivity index (χ1v) is 4.82. The number of allylic oxidation sites excluding steroid dienone is 6. The van der Waals surface area contributed by atoms with Crippen molar-refractivity contribution >= 4 is 11.6 Å². The molecule has 2 heteroatoms. The van der Waals surface area contributed by atoms with Gasteiger partial charge in [-0.25, -0.2) is 0 Å². The maximum atomic E-state index is 11.9. The molecular weight excluding hydrogens is 188 g/mol. The summed E-state index contributed by atoms with van der Waals surface area (Å²) in [7, 11) is 0. The Morgan fingerprint density at radius 2 is 1.87 bits per heavy atom. The highest BCUT2D eigenvalue weighted by Crippen LogP contribution is 2.31. The minimum absolute atomic E-state index is 0.0393. The quantitative estimate of drug-likeness (QED) is 0.641. The summed E-state index contributed by atoms with van der Waals surface area (Å²) in [6.07, 6.45) is 10.3. The fourth-order valence-electron chi connectivity index (χ4n) is 1.57. The summed E-state index contributed by atoms with van der Waals surface area (Å²) in [5, 5.41) is 0. The molecule has 0 saturated carbocycles. The highest BCUT2D eigenvalue weighted by atomic mass is 16.1. The lowest BCUT2D eigenvalue weighted by molar-refractivity contribution is -0.123. The van der Waals surface area contributed by atoms with Crippen LogP contribution in [-0.2, 0) is 9.59 Å². The maximum Gasteiger partial charge on any atom is 0.178 e. The molecule has 1 aliphatic carbocycles. The lowest BCUT2D eigenvalue weighted by Gasteiger charge is -2.25. The molecule has 0 aliphatic heterocycles. The average Bonchev–Trinajstić information content (AvgIpc) is 2.22. The van der Waals surface area contributed by atoms with Gasteiger partial charge in [0.25, 0.3) is 0 Å². The van der Waals surface area contributed by atoms with Crippen LogP contribution in [0.2, 0.25) is 0 Å². The van der Waals surface area contributed by atoms with Gasteiger partial charge in [-0.1, -0.05) is 24.3 Å². The first-order valence-electron chi connectivity index (χ1n) is 4.82. The molecule has 0 atom stereocenters.